The van der Waals surface area contributed by atoms with Gasteiger partial charge < -0.3 is 0 Å². The zero-order chi connectivity index (χ0) is 33.2. The number of ether oxygens (including phenoxy) is 1. The maximum atomic E-state index is 13.6. The molecule has 0 radical (unpaired) electrons. The fourth-order valence-corrected chi connectivity index (χ4v) is 2.59. The summed E-state index contributed by atoms with van der Waals surface area (Å²) in [5, 5.41) is -14.1. The zero-order valence-corrected chi connectivity index (χ0v) is 18.2. The van der Waals surface area contributed by atoms with Crippen molar-refractivity contribution in [2.24, 2.45) is 0 Å². The summed E-state index contributed by atoms with van der Waals surface area (Å²) < 4.78 is 322. The van der Waals surface area contributed by atoms with Crippen molar-refractivity contribution in [3.8, 4) is 0 Å². The minimum absolute atomic E-state index is 1.93. The van der Waals surface area contributed by atoms with Gasteiger partial charge in [-0.25, -0.2) is 4.39 Å². The first-order valence-corrected chi connectivity index (χ1v) is 9.08. The van der Waals surface area contributed by atoms with Crippen molar-refractivity contribution < 1.29 is 110 Å². The third-order valence-electron chi connectivity index (χ3n) is 4.91. The lowest BCUT2D eigenvalue weighted by Crippen LogP contribution is -2.78. The molecular formula is C13Cl2F24O. The molecule has 240 valence electrons. The maximum absolute atomic E-state index is 13.6. The summed E-state index contributed by atoms with van der Waals surface area (Å²) in [6, 6.07) is 0. The van der Waals surface area contributed by atoms with Gasteiger partial charge in [0.2, 0.25) is 0 Å². The molecule has 1 saturated heterocycles. The second kappa shape index (κ2) is 8.49. The molecule has 1 aliphatic rings. The second-order valence-electron chi connectivity index (χ2n) is 7.46. The van der Waals surface area contributed by atoms with Crippen molar-refractivity contribution in [3.63, 3.8) is 0 Å². The van der Waals surface area contributed by atoms with Gasteiger partial charge in [-0.15, -0.1) is 0 Å². The van der Waals surface area contributed by atoms with Crippen LogP contribution in [0.1, 0.15) is 0 Å². The van der Waals surface area contributed by atoms with Gasteiger partial charge in [-0.05, 0) is 11.6 Å². The van der Waals surface area contributed by atoms with Gasteiger partial charge in [0.05, 0.1) is 0 Å². The van der Waals surface area contributed by atoms with Gasteiger partial charge in [-0.2, -0.15) is 101 Å². The summed E-state index contributed by atoms with van der Waals surface area (Å²) in [5.41, 5.74) is 0. The lowest BCUT2D eigenvalue weighted by Gasteiger charge is -2.45. The Hall–Kier alpha value is -1.14. The minimum atomic E-state index is -9.49. The average Bonchev–Trinajstić information content (AvgIpc) is 3.24. The lowest BCUT2D eigenvalue weighted by molar-refractivity contribution is -0.469. The molecule has 2 atom stereocenters. The van der Waals surface area contributed by atoms with Gasteiger partial charge in [0.15, 0.2) is 0 Å². The van der Waals surface area contributed by atoms with Crippen molar-refractivity contribution in [3.05, 3.63) is 0 Å². The van der Waals surface area contributed by atoms with E-state index in [0.29, 0.717) is 0 Å². The van der Waals surface area contributed by atoms with Crippen LogP contribution in [0, 0.1) is 0 Å². The Kier molecular flexibility index (Phi) is 7.82. The molecule has 1 aliphatic heterocycles. The number of alkyl halides is 26. The molecule has 1 rings (SSSR count). The highest BCUT2D eigenvalue weighted by Crippen LogP contribution is 2.71. The Morgan fingerprint density at radius 1 is 0.375 bits per heavy atom. The van der Waals surface area contributed by atoms with Gasteiger partial charge in [0.25, 0.3) is 0 Å². The average molecular weight is 699 g/mol. The van der Waals surface area contributed by atoms with Crippen LogP contribution in [0.4, 0.5) is 105 Å². The fraction of sp³-hybridized carbons (Fsp3) is 1.00. The van der Waals surface area contributed by atoms with E-state index in [9.17, 15) is 105 Å². The van der Waals surface area contributed by atoms with Crippen molar-refractivity contribution in [1.29, 1.82) is 0 Å². The Bertz CT molecular complexity index is 995. The molecule has 0 aromatic carbocycles. The molecule has 0 spiro atoms. The Morgan fingerprint density at radius 2 is 0.575 bits per heavy atom. The summed E-state index contributed by atoms with van der Waals surface area (Å²) in [6.45, 7) is 0. The van der Waals surface area contributed by atoms with Crippen LogP contribution in [-0.4, -0.2) is 75.8 Å². The third kappa shape index (κ3) is 3.86. The number of hydrogen-bond donors (Lipinski definition) is 0. The third-order valence-corrected chi connectivity index (χ3v) is 5.74. The summed E-state index contributed by atoms with van der Waals surface area (Å²) >= 11 is 6.95. The van der Waals surface area contributed by atoms with Gasteiger partial charge in [0, 0.05) is 0 Å². The molecule has 0 aliphatic carbocycles. The lowest BCUT2D eigenvalue weighted by atomic mass is 9.85. The molecule has 0 N–H and O–H groups in total. The van der Waals surface area contributed by atoms with Gasteiger partial charge >= 0.3 is 75.8 Å². The van der Waals surface area contributed by atoms with E-state index in [2.05, 4.69) is 23.2 Å². The predicted molar refractivity (Wildman–Crippen MR) is 74.9 cm³/mol. The number of epoxide rings is 1. The second-order valence-corrected chi connectivity index (χ2v) is 8.45. The smallest absolute Gasteiger partial charge is 0.265 e. The number of rotatable bonds is 11. The van der Waals surface area contributed by atoms with Crippen LogP contribution in [0.25, 0.3) is 0 Å². The van der Waals surface area contributed by atoms with E-state index in [-0.39, 0.29) is 0 Å². The highest BCUT2D eigenvalue weighted by atomic mass is 35.5. The van der Waals surface area contributed by atoms with Crippen molar-refractivity contribution >= 4 is 23.2 Å². The molecule has 2 unspecified atom stereocenters. The molecule has 0 saturated carbocycles. The zero-order valence-electron chi connectivity index (χ0n) is 16.7. The van der Waals surface area contributed by atoms with Crippen molar-refractivity contribution in [2.45, 2.75) is 75.8 Å². The summed E-state index contributed by atoms with van der Waals surface area (Å²) in [6.07, 6.45) is -6.33. The predicted octanol–water partition coefficient (Wildman–Crippen LogP) is 8.73. The number of hydrogen-bond acceptors (Lipinski definition) is 1. The quantitative estimate of drug-likeness (QED) is 0.120. The van der Waals surface area contributed by atoms with Crippen LogP contribution in [0.3, 0.4) is 0 Å². The van der Waals surface area contributed by atoms with Crippen molar-refractivity contribution in [2.75, 3.05) is 0 Å². The fourth-order valence-electron chi connectivity index (χ4n) is 2.36. The summed E-state index contributed by atoms with van der Waals surface area (Å²) in [5.74, 6) is -88.2. The molecule has 1 fully saturated rings. The highest BCUT2D eigenvalue weighted by Gasteiger charge is 3.02. The van der Waals surface area contributed by atoms with Crippen LogP contribution in [0.5, 0.6) is 0 Å². The van der Waals surface area contributed by atoms with Gasteiger partial charge in [-0.3, -0.25) is 4.74 Å². The van der Waals surface area contributed by atoms with E-state index in [1.54, 1.807) is 0 Å². The Labute approximate surface area is 210 Å². The van der Waals surface area contributed by atoms with E-state index in [4.69, 9.17) is 0 Å². The van der Waals surface area contributed by atoms with Gasteiger partial charge in [-0.1, -0.05) is 11.6 Å². The molecule has 27 heteroatoms. The topological polar surface area (TPSA) is 12.5 Å². The molecule has 0 amide bonds. The van der Waals surface area contributed by atoms with E-state index < -0.39 is 75.8 Å². The first-order valence-electron chi connectivity index (χ1n) is 8.32. The standard InChI is InChI=1S/C13Cl2F24O/c14-1(16,12(15,36)37)2(17,18)3(19,20)4(21,22)5(23,24)6(25,26)7(27,28)8(29,30)9(31,32)10(33,34)11(35)13(38,39)40-11. The SMILES string of the molecule is FC(F)(Cl)C(F)(Cl)C(F)(F)C(F)(F)C(F)(F)C(F)(F)C(F)(F)C(F)(F)C(F)(F)C(F)(F)C(F)(F)C1(F)OC1(F)F. The van der Waals surface area contributed by atoms with Crippen molar-refractivity contribution in [1.82, 2.24) is 0 Å². The van der Waals surface area contributed by atoms with Gasteiger partial charge in [0.1, 0.15) is 0 Å². The van der Waals surface area contributed by atoms with E-state index in [1.165, 1.54) is 0 Å². The van der Waals surface area contributed by atoms with Crippen LogP contribution < -0.4 is 0 Å². The summed E-state index contributed by atoms with van der Waals surface area (Å²) in [4.78, 5) is 0. The minimum Gasteiger partial charge on any atom is -0.265 e. The molecule has 0 bridgehead atoms. The first-order chi connectivity index (χ1) is 16.7. The molecular weight excluding hydrogens is 699 g/mol. The monoisotopic (exact) mass is 698 g/mol. The van der Waals surface area contributed by atoms with E-state index >= 15 is 0 Å². The van der Waals surface area contributed by atoms with Crippen LogP contribution in [-0.2, 0) is 4.74 Å². The Balaban J connectivity index is 3.84. The van der Waals surface area contributed by atoms with E-state index in [0.717, 1.165) is 0 Å². The molecule has 1 heterocycles. The van der Waals surface area contributed by atoms with Crippen LogP contribution >= 0.6 is 23.2 Å². The molecule has 40 heavy (non-hydrogen) atoms. The largest absolute Gasteiger partial charge is 0.424 e. The van der Waals surface area contributed by atoms with Crippen LogP contribution in [0.15, 0.2) is 0 Å². The molecule has 1 nitrogen and oxygen atoms in total. The highest BCUT2D eigenvalue weighted by molar-refractivity contribution is 6.33. The molecule has 0 aromatic rings. The maximum Gasteiger partial charge on any atom is 0.424 e. The van der Waals surface area contributed by atoms with Crippen LogP contribution in [0.2, 0.25) is 0 Å². The first kappa shape index (κ1) is 36.9. The molecule has 0 aromatic heterocycles. The van der Waals surface area contributed by atoms with E-state index in [1.807, 2.05) is 4.74 Å². The summed E-state index contributed by atoms with van der Waals surface area (Å²) in [7, 11) is 0. The Morgan fingerprint density at radius 3 is 0.775 bits per heavy atom. The normalized spacial score (nSPS) is 24.1. The number of halogens is 26.